The number of unbranched alkanes of at least 4 members (excludes halogenated alkanes) is 1. The number of aryl methyl sites for hydroxylation is 1. The van der Waals surface area contributed by atoms with Crippen LogP contribution in [-0.4, -0.2) is 51.4 Å². The third kappa shape index (κ3) is 8.33. The van der Waals surface area contributed by atoms with Crippen LogP contribution in [0.25, 0.3) is 0 Å². The first-order valence-corrected chi connectivity index (χ1v) is 15.9. The molecule has 10 heteroatoms. The standard InChI is InChI=1S/C31H38BrN3O5S/c1-5-7-19-33-31(37)28(6-2)34(21-24-11-9-8-10-12-24)30(36)22-35(25-15-13-23(3)14-16-25)41(38,39)26-17-18-29(40-4)27(32)20-26/h8-18,20,28H,5-7,19,21-22H2,1-4H3,(H,33,37). The van der Waals surface area contributed by atoms with Crippen LogP contribution < -0.4 is 14.4 Å². The summed E-state index contributed by atoms with van der Waals surface area (Å²) in [4.78, 5) is 28.8. The Labute approximate surface area is 251 Å². The molecule has 220 valence electrons. The van der Waals surface area contributed by atoms with Crippen molar-refractivity contribution >= 4 is 43.5 Å². The van der Waals surface area contributed by atoms with Crippen LogP contribution in [-0.2, 0) is 26.2 Å². The van der Waals surface area contributed by atoms with Gasteiger partial charge in [0.25, 0.3) is 10.0 Å². The van der Waals surface area contributed by atoms with Crippen molar-refractivity contribution in [2.75, 3.05) is 24.5 Å². The molecule has 0 fully saturated rings. The Bertz CT molecular complexity index is 1420. The molecule has 8 nitrogen and oxygen atoms in total. The lowest BCUT2D eigenvalue weighted by molar-refractivity contribution is -0.140. The summed E-state index contributed by atoms with van der Waals surface area (Å²) in [7, 11) is -2.69. The molecular formula is C31H38BrN3O5S. The minimum absolute atomic E-state index is 0.00231. The number of hydrogen-bond acceptors (Lipinski definition) is 5. The Balaban J connectivity index is 2.04. The summed E-state index contributed by atoms with van der Waals surface area (Å²) in [5.41, 5.74) is 2.13. The quantitative estimate of drug-likeness (QED) is 0.228. The molecule has 0 bridgehead atoms. The van der Waals surface area contributed by atoms with Gasteiger partial charge in [-0.1, -0.05) is 68.3 Å². The second-order valence-electron chi connectivity index (χ2n) is 9.72. The fourth-order valence-corrected chi connectivity index (χ4v) is 6.51. The second kappa shape index (κ2) is 15.0. The highest BCUT2D eigenvalue weighted by Gasteiger charge is 2.33. The number of nitrogens with zero attached hydrogens (tertiary/aromatic N) is 2. The van der Waals surface area contributed by atoms with Crippen LogP contribution in [0.2, 0.25) is 0 Å². The van der Waals surface area contributed by atoms with E-state index >= 15 is 0 Å². The van der Waals surface area contributed by atoms with Crippen LogP contribution in [0.4, 0.5) is 5.69 Å². The van der Waals surface area contributed by atoms with Crippen molar-refractivity contribution in [2.45, 2.75) is 57.5 Å². The van der Waals surface area contributed by atoms with E-state index in [2.05, 4.69) is 21.2 Å². The molecule has 0 radical (unpaired) electrons. The normalized spacial score (nSPS) is 11.9. The molecule has 0 saturated carbocycles. The zero-order chi connectivity index (χ0) is 30.0. The van der Waals surface area contributed by atoms with Crippen LogP contribution in [0.5, 0.6) is 5.75 Å². The molecule has 3 aromatic rings. The van der Waals surface area contributed by atoms with E-state index in [9.17, 15) is 18.0 Å². The average molecular weight is 645 g/mol. The Hall–Kier alpha value is -3.37. The summed E-state index contributed by atoms with van der Waals surface area (Å²) in [6.45, 7) is 5.97. The first-order chi connectivity index (χ1) is 19.6. The van der Waals surface area contributed by atoms with Crippen molar-refractivity contribution in [1.29, 1.82) is 0 Å². The summed E-state index contributed by atoms with van der Waals surface area (Å²) in [5, 5.41) is 2.94. The molecule has 0 aliphatic heterocycles. The molecule has 1 unspecified atom stereocenters. The second-order valence-corrected chi connectivity index (χ2v) is 12.4. The molecule has 3 aromatic carbocycles. The summed E-state index contributed by atoms with van der Waals surface area (Å²) >= 11 is 3.37. The lowest BCUT2D eigenvalue weighted by Crippen LogP contribution is -2.52. The smallest absolute Gasteiger partial charge is 0.264 e. The molecule has 0 saturated heterocycles. The van der Waals surface area contributed by atoms with Gasteiger partial charge in [0.2, 0.25) is 11.8 Å². The van der Waals surface area contributed by atoms with Gasteiger partial charge in [0.1, 0.15) is 18.3 Å². The zero-order valence-corrected chi connectivity index (χ0v) is 26.4. The molecule has 2 amide bonds. The van der Waals surface area contributed by atoms with E-state index in [0.717, 1.165) is 28.3 Å². The summed E-state index contributed by atoms with van der Waals surface area (Å²) in [5.74, 6) is -0.257. The van der Waals surface area contributed by atoms with Crippen molar-refractivity contribution < 1.29 is 22.7 Å². The van der Waals surface area contributed by atoms with Crippen LogP contribution in [0.1, 0.15) is 44.2 Å². The molecule has 41 heavy (non-hydrogen) atoms. The minimum Gasteiger partial charge on any atom is -0.496 e. The molecule has 1 N–H and O–H groups in total. The lowest BCUT2D eigenvalue weighted by Gasteiger charge is -2.33. The van der Waals surface area contributed by atoms with Gasteiger partial charge in [-0.2, -0.15) is 0 Å². The van der Waals surface area contributed by atoms with E-state index in [1.807, 2.05) is 51.1 Å². The van der Waals surface area contributed by atoms with E-state index in [-0.39, 0.29) is 17.3 Å². The molecule has 1 atom stereocenters. The number of carbonyl (C=O) groups is 2. The molecule has 0 aliphatic rings. The Morgan fingerprint density at radius 1 is 1.00 bits per heavy atom. The zero-order valence-electron chi connectivity index (χ0n) is 24.0. The number of carbonyl (C=O) groups excluding carboxylic acids is 2. The highest BCUT2D eigenvalue weighted by atomic mass is 79.9. The maximum absolute atomic E-state index is 14.1. The first kappa shape index (κ1) is 32.1. The van der Waals surface area contributed by atoms with Crippen molar-refractivity contribution in [3.05, 3.63) is 88.4 Å². The molecule has 0 spiro atoms. The number of sulfonamides is 1. The number of anilines is 1. The summed E-state index contributed by atoms with van der Waals surface area (Å²) in [6, 6.07) is 20.0. The number of hydrogen-bond donors (Lipinski definition) is 1. The van der Waals surface area contributed by atoms with E-state index in [1.165, 1.54) is 24.1 Å². The van der Waals surface area contributed by atoms with Gasteiger partial charge < -0.3 is 15.0 Å². The number of amides is 2. The summed E-state index contributed by atoms with van der Waals surface area (Å²) in [6.07, 6.45) is 2.12. The number of halogens is 1. The van der Waals surface area contributed by atoms with Gasteiger partial charge in [-0.3, -0.25) is 13.9 Å². The van der Waals surface area contributed by atoms with Gasteiger partial charge in [-0.25, -0.2) is 8.42 Å². The molecular weight excluding hydrogens is 606 g/mol. The van der Waals surface area contributed by atoms with Gasteiger partial charge in [0.15, 0.2) is 0 Å². The van der Waals surface area contributed by atoms with E-state index < -0.39 is 28.5 Å². The molecule has 0 heterocycles. The van der Waals surface area contributed by atoms with Crippen LogP contribution in [0, 0.1) is 6.92 Å². The van der Waals surface area contributed by atoms with Gasteiger partial charge in [0, 0.05) is 13.1 Å². The maximum Gasteiger partial charge on any atom is 0.264 e. The van der Waals surface area contributed by atoms with Crippen molar-refractivity contribution in [1.82, 2.24) is 10.2 Å². The largest absolute Gasteiger partial charge is 0.496 e. The van der Waals surface area contributed by atoms with E-state index in [4.69, 9.17) is 4.74 Å². The minimum atomic E-state index is -4.19. The van der Waals surface area contributed by atoms with E-state index in [1.54, 1.807) is 30.3 Å². The van der Waals surface area contributed by atoms with Gasteiger partial charge in [-0.05, 0) is 71.6 Å². The Morgan fingerprint density at radius 3 is 2.27 bits per heavy atom. The maximum atomic E-state index is 14.1. The first-order valence-electron chi connectivity index (χ1n) is 13.7. The number of benzene rings is 3. The van der Waals surface area contributed by atoms with Gasteiger partial charge in [0.05, 0.1) is 22.2 Å². The van der Waals surface area contributed by atoms with Crippen LogP contribution in [0.3, 0.4) is 0 Å². The Morgan fingerprint density at radius 2 is 1.68 bits per heavy atom. The monoisotopic (exact) mass is 643 g/mol. The predicted molar refractivity (Wildman–Crippen MR) is 165 cm³/mol. The number of ether oxygens (including phenoxy) is 1. The number of nitrogens with one attached hydrogen (secondary N) is 1. The van der Waals surface area contributed by atoms with Crippen molar-refractivity contribution in [2.24, 2.45) is 0 Å². The fourth-order valence-electron chi connectivity index (χ4n) is 4.38. The fraction of sp³-hybridized carbons (Fsp3) is 0.355. The predicted octanol–water partition coefficient (Wildman–Crippen LogP) is 5.69. The van der Waals surface area contributed by atoms with E-state index in [0.29, 0.717) is 28.9 Å². The average Bonchev–Trinajstić information content (AvgIpc) is 2.96. The highest BCUT2D eigenvalue weighted by Crippen LogP contribution is 2.31. The molecule has 3 rings (SSSR count). The number of methoxy groups -OCH3 is 1. The third-order valence-electron chi connectivity index (χ3n) is 6.72. The highest BCUT2D eigenvalue weighted by molar-refractivity contribution is 9.10. The third-order valence-corrected chi connectivity index (χ3v) is 9.11. The molecule has 0 aromatic heterocycles. The molecule has 0 aliphatic carbocycles. The topological polar surface area (TPSA) is 96.0 Å². The van der Waals surface area contributed by atoms with Crippen molar-refractivity contribution in [3.8, 4) is 5.75 Å². The van der Waals surface area contributed by atoms with Crippen LogP contribution >= 0.6 is 15.9 Å². The summed E-state index contributed by atoms with van der Waals surface area (Å²) < 4.78 is 34.9. The SMILES string of the molecule is CCCCNC(=O)C(CC)N(Cc1ccccc1)C(=O)CN(c1ccc(C)cc1)S(=O)(=O)c1ccc(OC)c(Br)c1. The number of rotatable bonds is 14. The van der Waals surface area contributed by atoms with Crippen LogP contribution in [0.15, 0.2) is 82.2 Å². The van der Waals surface area contributed by atoms with Gasteiger partial charge >= 0.3 is 0 Å². The Kier molecular flexibility index (Phi) is 11.8. The lowest BCUT2D eigenvalue weighted by atomic mass is 10.1. The van der Waals surface area contributed by atoms with Gasteiger partial charge in [-0.15, -0.1) is 0 Å². The van der Waals surface area contributed by atoms with Crippen molar-refractivity contribution in [3.63, 3.8) is 0 Å².